The molecular weight excluding hydrogens is 354 g/mol. The van der Waals surface area contributed by atoms with Crippen LogP contribution in [0.2, 0.25) is 0 Å². The third kappa shape index (κ3) is 4.44. The smallest absolute Gasteiger partial charge is 0.340 e. The van der Waals surface area contributed by atoms with E-state index in [0.717, 1.165) is 19.3 Å². The molecule has 1 aliphatic carbocycles. The Labute approximate surface area is 148 Å². The third-order valence-corrected chi connectivity index (χ3v) is 4.91. The van der Waals surface area contributed by atoms with E-state index in [2.05, 4.69) is 20.4 Å². The number of carbonyl (C=O) groups is 1. The maximum Gasteiger partial charge on any atom is 0.340 e. The quantitative estimate of drug-likeness (QED) is 0.750. The molecule has 2 aliphatic rings. The molecule has 2 fully saturated rings. The maximum absolute atomic E-state index is 12.8. The molecule has 26 heavy (non-hydrogen) atoms. The largest absolute Gasteiger partial charge is 0.471 e. The minimum atomic E-state index is -4.24. The zero-order valence-electron chi connectivity index (χ0n) is 14.1. The molecule has 3 unspecified atom stereocenters. The number of rotatable bonds is 6. The Morgan fingerprint density at radius 1 is 1.35 bits per heavy atom. The minimum absolute atomic E-state index is 0.167. The van der Waals surface area contributed by atoms with Gasteiger partial charge in [-0.2, -0.15) is 8.78 Å². The van der Waals surface area contributed by atoms with Crippen molar-refractivity contribution in [3.8, 4) is 5.88 Å². The van der Waals surface area contributed by atoms with Crippen molar-refractivity contribution >= 4 is 11.6 Å². The molecule has 1 aromatic rings. The Morgan fingerprint density at radius 3 is 2.77 bits per heavy atom. The number of halogens is 4. The highest BCUT2D eigenvalue weighted by Gasteiger charge is 2.42. The second-order valence-corrected chi connectivity index (χ2v) is 6.83. The fraction of sp³-hybridized carbons (Fsp3) is 0.647. The molecule has 3 atom stereocenters. The molecule has 1 amide bonds. The number of pyridine rings is 1. The van der Waals surface area contributed by atoms with Crippen molar-refractivity contribution in [3.05, 3.63) is 18.3 Å². The van der Waals surface area contributed by atoms with Gasteiger partial charge in [-0.3, -0.25) is 4.79 Å². The molecule has 1 aliphatic heterocycles. The normalized spacial score (nSPS) is 25.8. The number of hydrogen-bond acceptors (Lipinski definition) is 4. The Bertz CT molecular complexity index is 613. The van der Waals surface area contributed by atoms with Crippen LogP contribution in [0, 0.1) is 5.92 Å². The second kappa shape index (κ2) is 7.77. The molecule has 0 bridgehead atoms. The van der Waals surface area contributed by atoms with Crippen molar-refractivity contribution in [2.45, 2.75) is 56.5 Å². The predicted octanol–water partition coefficient (Wildman–Crippen LogP) is 3.22. The lowest BCUT2D eigenvalue weighted by Gasteiger charge is -2.24. The van der Waals surface area contributed by atoms with Crippen LogP contribution in [-0.2, 0) is 4.79 Å². The number of aromatic nitrogens is 1. The van der Waals surface area contributed by atoms with Crippen LogP contribution in [-0.4, -0.2) is 41.9 Å². The summed E-state index contributed by atoms with van der Waals surface area (Å²) in [5, 5.41) is 6.08. The SMILES string of the molecule is O=C(Nc1ccc(OCC(F)(F)C(F)F)nc1)C1CC2CCCCC2N1. The number of carbonyl (C=O) groups excluding carboxylic acids is 1. The fourth-order valence-corrected chi connectivity index (χ4v) is 3.52. The van der Waals surface area contributed by atoms with E-state index in [1.54, 1.807) is 0 Å². The monoisotopic (exact) mass is 375 g/mol. The Hall–Kier alpha value is -1.90. The highest BCUT2D eigenvalue weighted by molar-refractivity contribution is 5.95. The number of nitrogens with zero attached hydrogens (tertiary/aromatic N) is 1. The van der Waals surface area contributed by atoms with Gasteiger partial charge in [-0.15, -0.1) is 0 Å². The first-order valence-electron chi connectivity index (χ1n) is 8.67. The Morgan fingerprint density at radius 2 is 2.12 bits per heavy atom. The summed E-state index contributed by atoms with van der Waals surface area (Å²) in [6, 6.07) is 2.82. The lowest BCUT2D eigenvalue weighted by molar-refractivity contribution is -0.148. The second-order valence-electron chi connectivity index (χ2n) is 6.83. The van der Waals surface area contributed by atoms with E-state index in [1.807, 2.05) is 0 Å². The van der Waals surface area contributed by atoms with E-state index < -0.39 is 19.0 Å². The first kappa shape index (κ1) is 18.9. The summed E-state index contributed by atoms with van der Waals surface area (Å²) < 4.78 is 54.4. The van der Waals surface area contributed by atoms with E-state index in [0.29, 0.717) is 17.6 Å². The Balaban J connectivity index is 1.50. The van der Waals surface area contributed by atoms with Gasteiger partial charge in [0.15, 0.2) is 6.61 Å². The van der Waals surface area contributed by atoms with Crippen molar-refractivity contribution in [2.75, 3.05) is 11.9 Å². The molecule has 2 heterocycles. The number of anilines is 1. The van der Waals surface area contributed by atoms with Crippen molar-refractivity contribution in [2.24, 2.45) is 5.92 Å². The van der Waals surface area contributed by atoms with Gasteiger partial charge in [0, 0.05) is 12.1 Å². The van der Waals surface area contributed by atoms with Gasteiger partial charge in [-0.1, -0.05) is 12.8 Å². The molecule has 0 aromatic carbocycles. The van der Waals surface area contributed by atoms with E-state index in [9.17, 15) is 22.4 Å². The number of nitrogens with one attached hydrogen (secondary N) is 2. The molecule has 1 saturated carbocycles. The lowest BCUT2D eigenvalue weighted by Crippen LogP contribution is -2.39. The number of fused-ring (bicyclic) bond motifs is 1. The van der Waals surface area contributed by atoms with Crippen molar-refractivity contribution < 1.29 is 27.1 Å². The van der Waals surface area contributed by atoms with Crippen molar-refractivity contribution in [1.29, 1.82) is 0 Å². The highest BCUT2D eigenvalue weighted by atomic mass is 19.3. The van der Waals surface area contributed by atoms with Crippen LogP contribution in [0.15, 0.2) is 18.3 Å². The van der Waals surface area contributed by atoms with E-state index in [4.69, 9.17) is 0 Å². The number of amides is 1. The van der Waals surface area contributed by atoms with Gasteiger partial charge in [0.05, 0.1) is 17.9 Å². The number of hydrogen-bond donors (Lipinski definition) is 2. The standard InChI is InChI=1S/C17H21F4N3O2/c18-16(19)17(20,21)9-26-14-6-5-11(8-22-14)23-15(25)13-7-10-3-1-2-4-12(10)24-13/h5-6,8,10,12-13,16,24H,1-4,7,9H2,(H,23,25). The van der Waals surface area contributed by atoms with Crippen LogP contribution in [0.3, 0.4) is 0 Å². The van der Waals surface area contributed by atoms with E-state index >= 15 is 0 Å². The molecule has 3 rings (SSSR count). The summed E-state index contributed by atoms with van der Waals surface area (Å²) in [6.45, 7) is -1.46. The van der Waals surface area contributed by atoms with Crippen LogP contribution in [0.1, 0.15) is 32.1 Å². The Kier molecular flexibility index (Phi) is 5.64. The molecule has 144 valence electrons. The van der Waals surface area contributed by atoms with Crippen LogP contribution in [0.4, 0.5) is 23.2 Å². The minimum Gasteiger partial charge on any atom is -0.471 e. The van der Waals surface area contributed by atoms with Gasteiger partial charge < -0.3 is 15.4 Å². The summed E-state index contributed by atoms with van der Waals surface area (Å²) in [4.78, 5) is 16.1. The van der Waals surface area contributed by atoms with Crippen molar-refractivity contribution in [1.82, 2.24) is 10.3 Å². The molecule has 1 saturated heterocycles. The number of ether oxygens (including phenoxy) is 1. The summed E-state index contributed by atoms with van der Waals surface area (Å²) in [7, 11) is 0. The van der Waals surface area contributed by atoms with Gasteiger partial charge >= 0.3 is 12.3 Å². The summed E-state index contributed by atoms with van der Waals surface area (Å²) in [5.74, 6) is -4.09. The van der Waals surface area contributed by atoms with Crippen LogP contribution in [0.5, 0.6) is 5.88 Å². The summed E-state index contributed by atoms with van der Waals surface area (Å²) >= 11 is 0. The van der Waals surface area contributed by atoms with Crippen molar-refractivity contribution in [3.63, 3.8) is 0 Å². The summed E-state index contributed by atoms with van der Waals surface area (Å²) in [6.07, 6.45) is 2.85. The zero-order chi connectivity index (χ0) is 18.7. The average Bonchev–Trinajstić information content (AvgIpc) is 3.05. The first-order chi connectivity index (χ1) is 12.3. The van der Waals surface area contributed by atoms with E-state index in [1.165, 1.54) is 31.2 Å². The number of alkyl halides is 4. The predicted molar refractivity (Wildman–Crippen MR) is 86.6 cm³/mol. The average molecular weight is 375 g/mol. The third-order valence-electron chi connectivity index (χ3n) is 4.91. The molecular formula is C17H21F4N3O2. The van der Waals surface area contributed by atoms with Gasteiger partial charge in [0.25, 0.3) is 0 Å². The molecule has 9 heteroatoms. The lowest BCUT2D eigenvalue weighted by atomic mass is 9.85. The summed E-state index contributed by atoms with van der Waals surface area (Å²) in [5.41, 5.74) is 0.389. The molecule has 5 nitrogen and oxygen atoms in total. The van der Waals surface area contributed by atoms with E-state index in [-0.39, 0.29) is 17.8 Å². The van der Waals surface area contributed by atoms with Gasteiger partial charge in [0.1, 0.15) is 0 Å². The van der Waals surface area contributed by atoms with Gasteiger partial charge in [-0.05, 0) is 31.2 Å². The fourth-order valence-electron chi connectivity index (χ4n) is 3.52. The van der Waals surface area contributed by atoms with Gasteiger partial charge in [-0.25, -0.2) is 13.8 Å². The topological polar surface area (TPSA) is 63.2 Å². The first-order valence-corrected chi connectivity index (χ1v) is 8.67. The maximum atomic E-state index is 12.8. The zero-order valence-corrected chi connectivity index (χ0v) is 14.1. The van der Waals surface area contributed by atoms with Crippen LogP contribution >= 0.6 is 0 Å². The molecule has 0 spiro atoms. The molecule has 2 N–H and O–H groups in total. The van der Waals surface area contributed by atoms with Gasteiger partial charge in [0.2, 0.25) is 11.8 Å². The van der Waals surface area contributed by atoms with Crippen LogP contribution < -0.4 is 15.4 Å². The molecule has 1 aromatic heterocycles. The molecule has 0 radical (unpaired) electrons. The highest BCUT2D eigenvalue weighted by Crippen LogP contribution is 2.33. The van der Waals surface area contributed by atoms with Crippen LogP contribution in [0.25, 0.3) is 0 Å².